The standard InChI is InChI=1S/C15H16.C10H14.C5H12.2CH4/c1-15(2,13-9-5-3-6-10-13)14-11-7-4-8-12-14;1-10(2,3)9-7-5-4-6-8-9;1-5(2,3)4;;/h3-12H,1-2H3;4-8H,1-3H3;1-4H3;2*1H4. The molecule has 3 rings (SSSR count). The summed E-state index contributed by atoms with van der Waals surface area (Å²) in [5.74, 6) is 0. The van der Waals surface area contributed by atoms with E-state index in [4.69, 9.17) is 0 Å². The molecule has 0 aliphatic carbocycles. The Labute approximate surface area is 201 Å². The van der Waals surface area contributed by atoms with Crippen molar-refractivity contribution in [1.82, 2.24) is 0 Å². The number of rotatable bonds is 2. The molecule has 0 N–H and O–H groups in total. The van der Waals surface area contributed by atoms with E-state index in [0.29, 0.717) is 10.8 Å². The smallest absolute Gasteiger partial charge is 0.0146 e. The fourth-order valence-corrected chi connectivity index (χ4v) is 2.81. The molecule has 3 aromatic rings. The zero-order chi connectivity index (χ0) is 22.8. The van der Waals surface area contributed by atoms with Gasteiger partial charge in [0.1, 0.15) is 0 Å². The molecule has 0 saturated carbocycles. The molecule has 0 aliphatic rings. The van der Waals surface area contributed by atoms with Crippen molar-refractivity contribution >= 4 is 0 Å². The molecule has 3 aromatic carbocycles. The molecule has 0 atom stereocenters. The summed E-state index contributed by atoms with van der Waals surface area (Å²) in [5, 5.41) is 0. The summed E-state index contributed by atoms with van der Waals surface area (Å²) in [4.78, 5) is 0. The summed E-state index contributed by atoms with van der Waals surface area (Å²) in [6.45, 7) is 19.9. The van der Waals surface area contributed by atoms with Crippen LogP contribution in [0.2, 0.25) is 0 Å². The van der Waals surface area contributed by atoms with Gasteiger partial charge in [-0.25, -0.2) is 0 Å². The topological polar surface area (TPSA) is 0 Å². The average molecular weight is 435 g/mol. The Morgan fingerprint density at radius 3 is 0.781 bits per heavy atom. The Hall–Kier alpha value is -2.34. The summed E-state index contributed by atoms with van der Waals surface area (Å²) < 4.78 is 0. The highest BCUT2D eigenvalue weighted by atomic mass is 14.2. The van der Waals surface area contributed by atoms with Gasteiger partial charge in [0.25, 0.3) is 0 Å². The lowest BCUT2D eigenvalue weighted by molar-refractivity contribution is 0.469. The molecule has 0 aliphatic heterocycles. The molecule has 0 fully saturated rings. The third-order valence-corrected chi connectivity index (χ3v) is 4.63. The fraction of sp³-hybridized carbons (Fsp3) is 0.438. The van der Waals surface area contributed by atoms with E-state index in [1.54, 1.807) is 0 Å². The van der Waals surface area contributed by atoms with Gasteiger partial charge in [-0.3, -0.25) is 0 Å². The molecule has 0 aromatic heterocycles. The van der Waals surface area contributed by atoms with E-state index < -0.39 is 0 Å². The summed E-state index contributed by atoms with van der Waals surface area (Å²) in [7, 11) is 0. The largest absolute Gasteiger partial charge is 0.0776 e. The minimum absolute atomic E-state index is 0. The van der Waals surface area contributed by atoms with Crippen LogP contribution in [0.1, 0.15) is 93.9 Å². The first-order chi connectivity index (χ1) is 13.8. The predicted octanol–water partition coefficient (Wildman–Crippen LogP) is 10.3. The monoisotopic (exact) mass is 434 g/mol. The molecular weight excluding hydrogens is 384 g/mol. The maximum Gasteiger partial charge on any atom is 0.0146 e. The number of benzene rings is 3. The predicted molar refractivity (Wildman–Crippen MR) is 149 cm³/mol. The van der Waals surface area contributed by atoms with Crippen molar-refractivity contribution in [1.29, 1.82) is 0 Å². The van der Waals surface area contributed by atoms with Crippen LogP contribution >= 0.6 is 0 Å². The van der Waals surface area contributed by atoms with Gasteiger partial charge >= 0.3 is 0 Å². The van der Waals surface area contributed by atoms with E-state index in [2.05, 4.69) is 153 Å². The second-order valence-corrected chi connectivity index (χ2v) is 11.0. The van der Waals surface area contributed by atoms with Crippen LogP contribution in [0.25, 0.3) is 0 Å². The zero-order valence-electron chi connectivity index (χ0n) is 20.7. The van der Waals surface area contributed by atoms with E-state index in [1.807, 2.05) is 0 Å². The minimum Gasteiger partial charge on any atom is -0.0776 e. The van der Waals surface area contributed by atoms with Crippen LogP contribution in [0.5, 0.6) is 0 Å². The lowest BCUT2D eigenvalue weighted by atomic mass is 9.78. The molecule has 0 unspecified atom stereocenters. The van der Waals surface area contributed by atoms with Gasteiger partial charge in [-0.2, -0.15) is 0 Å². The lowest BCUT2D eigenvalue weighted by Gasteiger charge is -2.25. The van der Waals surface area contributed by atoms with E-state index in [0.717, 1.165) is 0 Å². The summed E-state index contributed by atoms with van der Waals surface area (Å²) in [6, 6.07) is 31.8. The highest BCUT2D eigenvalue weighted by Gasteiger charge is 2.21. The average Bonchev–Trinajstić information content (AvgIpc) is 2.69. The SMILES string of the molecule is C.C.CC(C)(C)C.CC(C)(C)c1ccccc1.CC(C)(c1ccccc1)c1ccccc1. The first-order valence-electron chi connectivity index (χ1n) is 11.0. The first-order valence-corrected chi connectivity index (χ1v) is 11.0. The third-order valence-electron chi connectivity index (χ3n) is 4.63. The van der Waals surface area contributed by atoms with Crippen molar-refractivity contribution in [3.63, 3.8) is 0 Å². The van der Waals surface area contributed by atoms with Crippen LogP contribution in [-0.4, -0.2) is 0 Å². The lowest BCUT2D eigenvalue weighted by Crippen LogP contribution is -2.18. The zero-order valence-corrected chi connectivity index (χ0v) is 20.7. The Morgan fingerprint density at radius 2 is 0.594 bits per heavy atom. The molecular formula is C32H50. The Balaban J connectivity index is 0. The molecule has 0 saturated heterocycles. The minimum atomic E-state index is 0. The molecule has 0 radical (unpaired) electrons. The second kappa shape index (κ2) is 13.9. The van der Waals surface area contributed by atoms with Crippen molar-refractivity contribution < 1.29 is 0 Å². The van der Waals surface area contributed by atoms with E-state index in [-0.39, 0.29) is 20.3 Å². The Bertz CT molecular complexity index is 766. The van der Waals surface area contributed by atoms with Gasteiger partial charge in [0.15, 0.2) is 0 Å². The van der Waals surface area contributed by atoms with Crippen LogP contribution in [0.3, 0.4) is 0 Å². The number of hydrogen-bond donors (Lipinski definition) is 0. The van der Waals surface area contributed by atoms with Crippen LogP contribution in [0.15, 0.2) is 91.0 Å². The van der Waals surface area contributed by atoms with Crippen molar-refractivity contribution in [2.45, 2.75) is 88.0 Å². The third kappa shape index (κ3) is 12.5. The fourth-order valence-electron chi connectivity index (χ4n) is 2.81. The van der Waals surface area contributed by atoms with Crippen LogP contribution in [0.4, 0.5) is 0 Å². The maximum absolute atomic E-state index is 2.26. The van der Waals surface area contributed by atoms with Gasteiger partial charge in [0.05, 0.1) is 0 Å². The first kappa shape index (κ1) is 31.8. The van der Waals surface area contributed by atoms with Crippen molar-refractivity contribution in [2.75, 3.05) is 0 Å². The molecule has 178 valence electrons. The van der Waals surface area contributed by atoms with Gasteiger partial charge in [-0.1, -0.05) is 168 Å². The van der Waals surface area contributed by atoms with Gasteiger partial charge in [-0.05, 0) is 27.5 Å². The molecule has 0 amide bonds. The van der Waals surface area contributed by atoms with Crippen LogP contribution in [0, 0.1) is 5.41 Å². The van der Waals surface area contributed by atoms with E-state index in [1.165, 1.54) is 16.7 Å². The summed E-state index contributed by atoms with van der Waals surface area (Å²) >= 11 is 0. The Kier molecular flexibility index (Phi) is 13.9. The molecule has 0 nitrogen and oxygen atoms in total. The van der Waals surface area contributed by atoms with Crippen molar-refractivity contribution in [3.8, 4) is 0 Å². The molecule has 0 spiro atoms. The van der Waals surface area contributed by atoms with E-state index in [9.17, 15) is 0 Å². The van der Waals surface area contributed by atoms with E-state index >= 15 is 0 Å². The molecule has 0 heteroatoms. The normalized spacial score (nSPS) is 10.8. The quantitative estimate of drug-likeness (QED) is 0.376. The number of hydrogen-bond acceptors (Lipinski definition) is 0. The van der Waals surface area contributed by atoms with Crippen LogP contribution in [-0.2, 0) is 10.8 Å². The summed E-state index contributed by atoms with van der Waals surface area (Å²) in [6.07, 6.45) is 0. The highest BCUT2D eigenvalue weighted by molar-refractivity contribution is 5.36. The summed E-state index contributed by atoms with van der Waals surface area (Å²) in [5.41, 5.74) is 4.99. The Morgan fingerprint density at radius 1 is 0.375 bits per heavy atom. The maximum atomic E-state index is 2.26. The van der Waals surface area contributed by atoms with Gasteiger partial charge in [0, 0.05) is 5.41 Å². The van der Waals surface area contributed by atoms with Crippen molar-refractivity contribution in [3.05, 3.63) is 108 Å². The van der Waals surface area contributed by atoms with Gasteiger partial charge in [-0.15, -0.1) is 0 Å². The molecule has 0 bridgehead atoms. The van der Waals surface area contributed by atoms with Gasteiger partial charge in [0.2, 0.25) is 0 Å². The highest BCUT2D eigenvalue weighted by Crippen LogP contribution is 2.30. The van der Waals surface area contributed by atoms with Gasteiger partial charge < -0.3 is 0 Å². The van der Waals surface area contributed by atoms with Crippen molar-refractivity contribution in [2.24, 2.45) is 5.41 Å². The molecule has 32 heavy (non-hydrogen) atoms. The second-order valence-electron chi connectivity index (χ2n) is 11.0. The molecule has 0 heterocycles. The van der Waals surface area contributed by atoms with Crippen LogP contribution < -0.4 is 0 Å².